The minimum Gasteiger partial charge on any atom is -0.383 e. The zero-order chi connectivity index (χ0) is 36.8. The van der Waals surface area contributed by atoms with Crippen LogP contribution in [-0.4, -0.2) is 86.7 Å². The maximum Gasteiger partial charge on any atom is 0.291 e. The van der Waals surface area contributed by atoms with Crippen molar-refractivity contribution in [2.24, 2.45) is 13.0 Å². The van der Waals surface area contributed by atoms with E-state index in [0.29, 0.717) is 78.5 Å². The average molecular weight is 720 g/mol. The maximum atomic E-state index is 15.8. The molecule has 13 heteroatoms. The van der Waals surface area contributed by atoms with Crippen LogP contribution in [0.15, 0.2) is 42.7 Å². The molecule has 0 bridgehead atoms. The first-order chi connectivity index (χ1) is 24.5. The van der Waals surface area contributed by atoms with E-state index in [1.807, 2.05) is 17.9 Å². The number of aromatic nitrogens is 4. The van der Waals surface area contributed by atoms with Crippen LogP contribution in [-0.2, 0) is 23.1 Å². The van der Waals surface area contributed by atoms with Gasteiger partial charge in [-0.15, -0.1) is 0 Å². The summed E-state index contributed by atoms with van der Waals surface area (Å²) in [7, 11) is 3.32. The predicted octanol–water partition coefficient (Wildman–Crippen LogP) is 6.76. The zero-order valence-electron chi connectivity index (χ0n) is 30.3. The monoisotopic (exact) mass is 719 g/mol. The number of ether oxygens (including phenoxy) is 1. The van der Waals surface area contributed by atoms with Crippen molar-refractivity contribution in [3.8, 4) is 22.4 Å². The fourth-order valence-electron chi connectivity index (χ4n) is 6.76. The number of anilines is 1. The first-order valence-corrected chi connectivity index (χ1v) is 17.9. The summed E-state index contributed by atoms with van der Waals surface area (Å²) in [5.74, 6) is -0.750. The molecule has 1 aliphatic heterocycles. The van der Waals surface area contributed by atoms with Crippen LogP contribution in [0.3, 0.4) is 0 Å². The molecule has 1 saturated heterocycles. The van der Waals surface area contributed by atoms with E-state index < -0.39 is 5.91 Å². The Morgan fingerprint density at radius 3 is 2.27 bits per heavy atom. The lowest BCUT2D eigenvalue weighted by molar-refractivity contribution is -0.137. The van der Waals surface area contributed by atoms with Gasteiger partial charge in [0.25, 0.3) is 11.8 Å². The molecule has 272 valence electrons. The summed E-state index contributed by atoms with van der Waals surface area (Å²) < 4.78 is 24.4. The van der Waals surface area contributed by atoms with Gasteiger partial charge in [-0.2, -0.15) is 5.10 Å². The van der Waals surface area contributed by atoms with E-state index in [-0.39, 0.29) is 34.4 Å². The number of benzene rings is 2. The summed E-state index contributed by atoms with van der Waals surface area (Å²) >= 11 is 6.57. The van der Waals surface area contributed by atoms with Gasteiger partial charge in [0.15, 0.2) is 5.82 Å². The number of halogens is 2. The van der Waals surface area contributed by atoms with Crippen molar-refractivity contribution in [3.05, 3.63) is 76.2 Å². The quantitative estimate of drug-likeness (QED) is 0.163. The van der Waals surface area contributed by atoms with Crippen molar-refractivity contribution in [1.82, 2.24) is 29.1 Å². The lowest BCUT2D eigenvalue weighted by atomic mass is 9.96. The summed E-state index contributed by atoms with van der Waals surface area (Å²) in [6.07, 6.45) is 6.89. The number of carbonyl (C=O) groups is 3. The topological polar surface area (TPSA) is 115 Å². The van der Waals surface area contributed by atoms with Crippen molar-refractivity contribution in [1.29, 1.82) is 0 Å². The molecular formula is C38H47ClFN7O4. The number of rotatable bonds is 13. The van der Waals surface area contributed by atoms with Crippen LogP contribution in [0.25, 0.3) is 22.4 Å². The Bertz CT molecular complexity index is 1890. The summed E-state index contributed by atoms with van der Waals surface area (Å²) in [6.45, 7) is 10.7. The number of piperazine rings is 1. The second-order valence-electron chi connectivity index (χ2n) is 13.0. The highest BCUT2D eigenvalue weighted by atomic mass is 35.5. The Morgan fingerprint density at radius 2 is 1.63 bits per heavy atom. The third-order valence-corrected chi connectivity index (χ3v) is 10.0. The number of amides is 3. The Balaban J connectivity index is 1.24. The number of nitrogens with zero attached hydrogens (tertiary/aromatic N) is 6. The first kappa shape index (κ1) is 37.7. The molecule has 2 aromatic heterocycles. The van der Waals surface area contributed by atoms with Gasteiger partial charge >= 0.3 is 0 Å². The standard InChI is InChI=1S/C38H47ClFN7O4/c1-7-9-26(10-8-2)37(49)45-15-17-46(18-16-45)38(50)30-12-11-27(21-32(30)39)43-36(48)35-41-23-33(44(35)5)28-13-14-29(34(40)24(28)3)31-22-42-47(25(31)4)19-20-51-6/h11-14,21-23,26H,7-10,15-20H2,1-6H3,(H,43,48). The molecule has 1 fully saturated rings. The average Bonchev–Trinajstić information content (AvgIpc) is 3.69. The fourth-order valence-corrected chi connectivity index (χ4v) is 7.02. The fraction of sp³-hybridized carbons (Fsp3) is 0.447. The van der Waals surface area contributed by atoms with Gasteiger partial charge in [-0.1, -0.05) is 50.4 Å². The summed E-state index contributed by atoms with van der Waals surface area (Å²) in [4.78, 5) is 47.7. The zero-order valence-corrected chi connectivity index (χ0v) is 31.0. The summed E-state index contributed by atoms with van der Waals surface area (Å²) in [5.41, 5.74) is 4.29. The molecule has 5 rings (SSSR count). The van der Waals surface area contributed by atoms with Crippen LogP contribution in [0.5, 0.6) is 0 Å². The lowest BCUT2D eigenvalue weighted by Gasteiger charge is -2.36. The van der Waals surface area contributed by atoms with E-state index in [0.717, 1.165) is 31.4 Å². The number of hydrogen-bond acceptors (Lipinski definition) is 6. The number of carbonyl (C=O) groups excluding carboxylic acids is 3. The molecule has 0 atom stereocenters. The van der Waals surface area contributed by atoms with Gasteiger partial charge in [0.1, 0.15) is 5.82 Å². The Labute approximate surface area is 303 Å². The van der Waals surface area contributed by atoms with E-state index in [2.05, 4.69) is 29.2 Å². The highest BCUT2D eigenvalue weighted by Gasteiger charge is 2.29. The summed E-state index contributed by atoms with van der Waals surface area (Å²) in [5, 5.41) is 7.40. The summed E-state index contributed by atoms with van der Waals surface area (Å²) in [6, 6.07) is 8.29. The van der Waals surface area contributed by atoms with E-state index in [4.69, 9.17) is 16.3 Å². The molecule has 0 radical (unpaired) electrons. The smallest absolute Gasteiger partial charge is 0.291 e. The minimum absolute atomic E-state index is 0.0361. The van der Waals surface area contributed by atoms with Gasteiger partial charge < -0.3 is 24.4 Å². The van der Waals surface area contributed by atoms with E-state index in [1.54, 1.807) is 65.8 Å². The number of hydrogen-bond donors (Lipinski definition) is 1. The number of nitrogens with one attached hydrogen (secondary N) is 1. The van der Waals surface area contributed by atoms with Crippen LogP contribution in [0.1, 0.15) is 71.8 Å². The molecular weight excluding hydrogens is 673 g/mol. The number of methoxy groups -OCH3 is 1. The Hall–Kier alpha value is -4.55. The van der Waals surface area contributed by atoms with Crippen molar-refractivity contribution in [2.75, 3.05) is 45.2 Å². The molecule has 0 unspecified atom stereocenters. The molecule has 1 aliphatic rings. The molecule has 0 saturated carbocycles. The van der Waals surface area contributed by atoms with Crippen LogP contribution in [0.2, 0.25) is 5.02 Å². The van der Waals surface area contributed by atoms with E-state index in [1.165, 1.54) is 6.07 Å². The molecule has 4 aromatic rings. The Morgan fingerprint density at radius 1 is 0.961 bits per heavy atom. The third kappa shape index (κ3) is 8.02. The largest absolute Gasteiger partial charge is 0.383 e. The van der Waals surface area contributed by atoms with Crippen molar-refractivity contribution < 1.29 is 23.5 Å². The van der Waals surface area contributed by atoms with Gasteiger partial charge in [-0.25, -0.2) is 9.37 Å². The Kier molecular flexibility index (Phi) is 12.3. The van der Waals surface area contributed by atoms with Crippen LogP contribution < -0.4 is 5.32 Å². The molecule has 11 nitrogen and oxygen atoms in total. The third-order valence-electron chi connectivity index (χ3n) is 9.71. The molecule has 3 amide bonds. The SMILES string of the molecule is CCCC(CCC)C(=O)N1CCN(C(=O)c2ccc(NC(=O)c3ncc(-c4ccc(-c5cnn(CCOC)c5C)c(F)c4C)n3C)cc2Cl)CC1. The number of imidazole rings is 1. The maximum absolute atomic E-state index is 15.8. The van der Waals surface area contributed by atoms with Crippen LogP contribution in [0.4, 0.5) is 10.1 Å². The molecule has 1 N–H and O–H groups in total. The predicted molar refractivity (Wildman–Crippen MR) is 196 cm³/mol. The normalized spacial score (nSPS) is 13.3. The molecule has 0 spiro atoms. The van der Waals surface area contributed by atoms with Crippen molar-refractivity contribution >= 4 is 35.0 Å². The highest BCUT2D eigenvalue weighted by Crippen LogP contribution is 2.34. The van der Waals surface area contributed by atoms with Crippen LogP contribution in [0, 0.1) is 25.6 Å². The van der Waals surface area contributed by atoms with Gasteiger partial charge in [-0.05, 0) is 50.5 Å². The molecule has 3 heterocycles. The van der Waals surface area contributed by atoms with Crippen molar-refractivity contribution in [2.45, 2.75) is 59.9 Å². The molecule has 2 aromatic carbocycles. The first-order valence-electron chi connectivity index (χ1n) is 17.5. The highest BCUT2D eigenvalue weighted by molar-refractivity contribution is 6.34. The minimum atomic E-state index is -0.488. The molecule has 51 heavy (non-hydrogen) atoms. The van der Waals surface area contributed by atoms with E-state index >= 15 is 4.39 Å². The van der Waals surface area contributed by atoms with Gasteiger partial charge in [0.2, 0.25) is 5.91 Å². The molecule has 0 aliphatic carbocycles. The van der Waals surface area contributed by atoms with Crippen LogP contribution >= 0.6 is 11.6 Å². The van der Waals surface area contributed by atoms with Gasteiger partial charge in [0.05, 0.1) is 41.8 Å². The second kappa shape index (κ2) is 16.6. The lowest BCUT2D eigenvalue weighted by Crippen LogP contribution is -2.52. The van der Waals surface area contributed by atoms with Gasteiger partial charge in [0, 0.05) is 74.3 Å². The van der Waals surface area contributed by atoms with E-state index in [9.17, 15) is 14.4 Å². The van der Waals surface area contributed by atoms with Crippen molar-refractivity contribution in [3.63, 3.8) is 0 Å². The second-order valence-corrected chi connectivity index (χ2v) is 13.4. The van der Waals surface area contributed by atoms with Gasteiger partial charge in [-0.3, -0.25) is 19.1 Å².